The van der Waals surface area contributed by atoms with E-state index in [-0.39, 0.29) is 0 Å². The summed E-state index contributed by atoms with van der Waals surface area (Å²) >= 11 is 0. The van der Waals surface area contributed by atoms with Gasteiger partial charge in [0.05, 0.1) is 11.1 Å². The van der Waals surface area contributed by atoms with Crippen LogP contribution in [0.3, 0.4) is 0 Å². The lowest BCUT2D eigenvalue weighted by atomic mass is 9.67. The minimum Gasteiger partial charge on any atom is -0.310 e. The van der Waals surface area contributed by atoms with Gasteiger partial charge in [-0.15, -0.1) is 0 Å². The first kappa shape index (κ1) is 40.7. The van der Waals surface area contributed by atoms with Crippen LogP contribution in [-0.2, 0) is 5.41 Å². The average molecular weight is 866 g/mol. The van der Waals surface area contributed by atoms with E-state index in [1.807, 2.05) is 0 Å². The number of benzene rings is 11. The van der Waals surface area contributed by atoms with Crippen LogP contribution in [0.1, 0.15) is 22.3 Å². The highest BCUT2D eigenvalue weighted by atomic mass is 15.1. The first-order chi connectivity index (χ1) is 33.7. The van der Waals surface area contributed by atoms with Crippen LogP contribution in [0.2, 0.25) is 0 Å². The Morgan fingerprint density at radius 1 is 0.221 bits per heavy atom. The van der Waals surface area contributed by atoms with Crippen molar-refractivity contribution < 1.29 is 0 Å². The van der Waals surface area contributed by atoms with Crippen molar-refractivity contribution >= 4 is 17.1 Å². The molecule has 0 N–H and O–H groups in total. The fourth-order valence-corrected chi connectivity index (χ4v) is 10.5. The van der Waals surface area contributed by atoms with E-state index in [0.29, 0.717) is 0 Å². The summed E-state index contributed by atoms with van der Waals surface area (Å²) in [4.78, 5) is 2.47. The molecule has 11 aromatic rings. The zero-order chi connectivity index (χ0) is 45.3. The van der Waals surface area contributed by atoms with E-state index >= 15 is 0 Å². The third-order valence-corrected chi connectivity index (χ3v) is 13.8. The molecule has 1 heteroatoms. The first-order valence-corrected chi connectivity index (χ1v) is 23.5. The zero-order valence-corrected chi connectivity index (χ0v) is 37.6. The van der Waals surface area contributed by atoms with E-state index in [0.717, 1.165) is 28.2 Å². The van der Waals surface area contributed by atoms with Crippen LogP contribution in [0.15, 0.2) is 285 Å². The fourth-order valence-electron chi connectivity index (χ4n) is 10.5. The molecule has 1 nitrogen and oxygen atoms in total. The number of anilines is 3. The summed E-state index contributed by atoms with van der Waals surface area (Å²) in [6.07, 6.45) is 0. The molecular formula is C67H47N. The zero-order valence-electron chi connectivity index (χ0n) is 37.6. The maximum absolute atomic E-state index is 2.50. The van der Waals surface area contributed by atoms with Crippen molar-refractivity contribution in [1.82, 2.24) is 0 Å². The lowest BCUT2D eigenvalue weighted by Gasteiger charge is -2.35. The van der Waals surface area contributed by atoms with Crippen LogP contribution in [0, 0.1) is 0 Å². The third-order valence-electron chi connectivity index (χ3n) is 13.8. The number of hydrogen-bond acceptors (Lipinski definition) is 1. The largest absolute Gasteiger partial charge is 0.310 e. The summed E-state index contributed by atoms with van der Waals surface area (Å²) in [6.45, 7) is 0. The second-order valence-electron chi connectivity index (χ2n) is 17.6. The van der Waals surface area contributed by atoms with Gasteiger partial charge in [-0.25, -0.2) is 0 Å². The van der Waals surface area contributed by atoms with Crippen LogP contribution >= 0.6 is 0 Å². The van der Waals surface area contributed by atoms with Gasteiger partial charge >= 0.3 is 0 Å². The van der Waals surface area contributed by atoms with Crippen LogP contribution in [0.25, 0.3) is 66.8 Å². The molecule has 0 aromatic heterocycles. The number of rotatable bonds is 10. The number of nitrogens with zero attached hydrogens (tertiary/aromatic N) is 1. The molecule has 1 aliphatic rings. The van der Waals surface area contributed by atoms with Crippen LogP contribution in [-0.4, -0.2) is 0 Å². The van der Waals surface area contributed by atoms with Crippen molar-refractivity contribution in [3.05, 3.63) is 307 Å². The van der Waals surface area contributed by atoms with Crippen molar-refractivity contribution in [2.75, 3.05) is 4.90 Å². The van der Waals surface area contributed by atoms with Crippen molar-refractivity contribution in [3.63, 3.8) is 0 Å². The predicted octanol–water partition coefficient (Wildman–Crippen LogP) is 17.9. The predicted molar refractivity (Wildman–Crippen MR) is 286 cm³/mol. The summed E-state index contributed by atoms with van der Waals surface area (Å²) in [5, 5.41) is 0. The molecule has 0 bridgehead atoms. The van der Waals surface area contributed by atoms with Gasteiger partial charge in [-0.2, -0.15) is 0 Å². The molecule has 12 rings (SSSR count). The van der Waals surface area contributed by atoms with Crippen molar-refractivity contribution in [2.45, 2.75) is 5.41 Å². The van der Waals surface area contributed by atoms with Crippen molar-refractivity contribution in [2.24, 2.45) is 0 Å². The van der Waals surface area contributed by atoms with Gasteiger partial charge in [0.25, 0.3) is 0 Å². The lowest BCUT2D eigenvalue weighted by Crippen LogP contribution is -2.28. The first-order valence-electron chi connectivity index (χ1n) is 23.5. The molecule has 0 saturated carbocycles. The van der Waals surface area contributed by atoms with Crippen molar-refractivity contribution in [3.8, 4) is 66.8 Å². The standard InChI is InChI=1S/C67H47N/c1-6-18-48(19-7-1)50-30-34-52(35-31-50)54-38-42-59(43-39-54)68(60-44-40-55(41-45-60)53-36-32-51(33-37-53)49-20-8-2-9-21-49)66-47-65-63(46-62(66)56-22-10-3-11-23-56)61-28-16-17-29-64(61)67(65,57-24-12-4-13-25-57)58-26-14-5-15-27-58/h1-47H. The molecule has 320 valence electrons. The van der Waals surface area contributed by atoms with E-state index in [1.54, 1.807) is 0 Å². The van der Waals surface area contributed by atoms with Gasteiger partial charge < -0.3 is 4.90 Å². The Morgan fingerprint density at radius 2 is 0.544 bits per heavy atom. The molecule has 0 amide bonds. The summed E-state index contributed by atoms with van der Waals surface area (Å²) in [6, 6.07) is 104. The molecule has 0 unspecified atom stereocenters. The second-order valence-corrected chi connectivity index (χ2v) is 17.6. The fraction of sp³-hybridized carbons (Fsp3) is 0.0149. The number of fused-ring (bicyclic) bond motifs is 3. The van der Waals surface area contributed by atoms with Gasteiger partial charge in [0, 0.05) is 16.9 Å². The van der Waals surface area contributed by atoms with Gasteiger partial charge in [-0.1, -0.05) is 249 Å². The highest BCUT2D eigenvalue weighted by Crippen LogP contribution is 2.59. The Morgan fingerprint density at radius 3 is 0.956 bits per heavy atom. The molecule has 0 saturated heterocycles. The quantitative estimate of drug-likeness (QED) is 0.132. The summed E-state index contributed by atoms with van der Waals surface area (Å²) in [5.74, 6) is 0. The molecule has 0 aliphatic heterocycles. The molecular weight excluding hydrogens is 819 g/mol. The van der Waals surface area contributed by atoms with Gasteiger partial charge in [0.1, 0.15) is 0 Å². The molecule has 0 heterocycles. The Kier molecular flexibility index (Phi) is 10.5. The van der Waals surface area contributed by atoms with Gasteiger partial charge in [0.2, 0.25) is 0 Å². The summed E-state index contributed by atoms with van der Waals surface area (Å²) < 4.78 is 0. The van der Waals surface area contributed by atoms with E-state index in [9.17, 15) is 0 Å². The Bertz CT molecular complexity index is 3310. The van der Waals surface area contributed by atoms with E-state index in [4.69, 9.17) is 0 Å². The smallest absolute Gasteiger partial charge is 0.0714 e. The highest BCUT2D eigenvalue weighted by Gasteiger charge is 2.46. The highest BCUT2D eigenvalue weighted by molar-refractivity contribution is 5.97. The molecule has 0 spiro atoms. The minimum atomic E-state index is -0.560. The Balaban J connectivity index is 1.05. The normalized spacial score (nSPS) is 12.2. The van der Waals surface area contributed by atoms with Crippen molar-refractivity contribution in [1.29, 1.82) is 0 Å². The van der Waals surface area contributed by atoms with Crippen LogP contribution in [0.4, 0.5) is 17.1 Å². The lowest BCUT2D eigenvalue weighted by molar-refractivity contribution is 0.768. The Hall–Kier alpha value is -8.78. The van der Waals surface area contributed by atoms with E-state index < -0.39 is 5.41 Å². The van der Waals surface area contributed by atoms with Crippen LogP contribution < -0.4 is 4.90 Å². The second kappa shape index (κ2) is 17.5. The van der Waals surface area contributed by atoms with Gasteiger partial charge in [-0.05, 0) is 120 Å². The number of hydrogen-bond donors (Lipinski definition) is 0. The maximum atomic E-state index is 2.50. The summed E-state index contributed by atoms with van der Waals surface area (Å²) in [7, 11) is 0. The third kappa shape index (κ3) is 7.22. The maximum Gasteiger partial charge on any atom is 0.0714 e. The Labute approximate surface area is 399 Å². The SMILES string of the molecule is c1ccc(-c2ccc(-c3ccc(N(c4ccc(-c5ccc(-c6ccccc6)cc5)cc4)c4cc5c(cc4-c4ccccc4)-c4ccccc4C5(c4ccccc4)c4ccccc4)cc3)cc2)cc1. The van der Waals surface area contributed by atoms with E-state index in [1.165, 1.54) is 77.9 Å². The monoisotopic (exact) mass is 865 g/mol. The molecule has 0 fully saturated rings. The van der Waals surface area contributed by atoms with Crippen LogP contribution in [0.5, 0.6) is 0 Å². The van der Waals surface area contributed by atoms with E-state index in [2.05, 4.69) is 290 Å². The summed E-state index contributed by atoms with van der Waals surface area (Å²) in [5.41, 5.74) is 22.1. The molecule has 1 aliphatic carbocycles. The minimum absolute atomic E-state index is 0.560. The molecule has 68 heavy (non-hydrogen) atoms. The van der Waals surface area contributed by atoms with Gasteiger partial charge in [-0.3, -0.25) is 0 Å². The molecule has 11 aromatic carbocycles. The molecule has 0 radical (unpaired) electrons. The molecule has 0 atom stereocenters. The topological polar surface area (TPSA) is 3.24 Å². The average Bonchev–Trinajstić information content (AvgIpc) is 3.72. The van der Waals surface area contributed by atoms with Gasteiger partial charge in [0.15, 0.2) is 0 Å².